The maximum atomic E-state index is 12.2. The number of nitrogens with zero attached hydrogens (tertiary/aromatic N) is 1. The molecule has 1 N–H and O–H groups in total. The van der Waals surface area contributed by atoms with Crippen LogP contribution in [0.15, 0.2) is 22.7 Å². The Labute approximate surface area is 117 Å². The molecule has 2 rings (SSSR count). The van der Waals surface area contributed by atoms with Gasteiger partial charge in [-0.05, 0) is 54.5 Å². The predicted molar refractivity (Wildman–Crippen MR) is 77.9 cm³/mol. The maximum Gasteiger partial charge on any atom is 0.227 e. The highest BCUT2D eigenvalue weighted by Gasteiger charge is 2.37. The van der Waals surface area contributed by atoms with Crippen molar-refractivity contribution in [3.63, 3.8) is 0 Å². The SMILES string of the molecule is CNCC1CC(=O)N(c2ccc(C)cc2Br)C1C. The molecule has 1 aromatic carbocycles. The first-order valence-corrected chi connectivity index (χ1v) is 7.06. The van der Waals surface area contributed by atoms with Gasteiger partial charge in [0.2, 0.25) is 5.91 Å². The van der Waals surface area contributed by atoms with Gasteiger partial charge in [-0.2, -0.15) is 0 Å². The smallest absolute Gasteiger partial charge is 0.227 e. The Balaban J connectivity index is 2.30. The molecule has 0 spiro atoms. The summed E-state index contributed by atoms with van der Waals surface area (Å²) in [5.41, 5.74) is 2.17. The summed E-state index contributed by atoms with van der Waals surface area (Å²) in [5.74, 6) is 0.600. The number of amides is 1. The van der Waals surface area contributed by atoms with Gasteiger partial charge in [-0.25, -0.2) is 0 Å². The minimum absolute atomic E-state index is 0.215. The summed E-state index contributed by atoms with van der Waals surface area (Å²) in [4.78, 5) is 14.1. The summed E-state index contributed by atoms with van der Waals surface area (Å²) >= 11 is 3.56. The van der Waals surface area contributed by atoms with Gasteiger partial charge < -0.3 is 10.2 Å². The van der Waals surface area contributed by atoms with Gasteiger partial charge in [0.15, 0.2) is 0 Å². The van der Waals surface area contributed by atoms with Crippen molar-refractivity contribution in [2.45, 2.75) is 26.3 Å². The normalized spacial score (nSPS) is 23.8. The number of halogens is 1. The molecule has 1 fully saturated rings. The monoisotopic (exact) mass is 310 g/mol. The van der Waals surface area contributed by atoms with E-state index in [1.807, 2.05) is 31.0 Å². The van der Waals surface area contributed by atoms with Crippen molar-refractivity contribution in [3.05, 3.63) is 28.2 Å². The standard InChI is InChI=1S/C14H19BrN2O/c1-9-4-5-13(12(15)6-9)17-10(2)11(8-16-3)7-14(17)18/h4-6,10-11,16H,7-8H2,1-3H3. The van der Waals surface area contributed by atoms with Gasteiger partial charge in [-0.15, -0.1) is 0 Å². The molecule has 1 amide bonds. The maximum absolute atomic E-state index is 12.2. The molecule has 4 heteroatoms. The van der Waals surface area contributed by atoms with Crippen molar-refractivity contribution < 1.29 is 4.79 Å². The molecule has 1 saturated heterocycles. The average molecular weight is 311 g/mol. The molecular formula is C14H19BrN2O. The summed E-state index contributed by atoms with van der Waals surface area (Å²) in [6.07, 6.45) is 0.627. The zero-order chi connectivity index (χ0) is 13.3. The fourth-order valence-corrected chi connectivity index (χ4v) is 3.28. The Morgan fingerprint density at radius 3 is 2.83 bits per heavy atom. The fraction of sp³-hybridized carbons (Fsp3) is 0.500. The molecule has 0 aromatic heterocycles. The highest BCUT2D eigenvalue weighted by Crippen LogP contribution is 2.35. The van der Waals surface area contributed by atoms with Crippen LogP contribution in [-0.2, 0) is 4.79 Å². The lowest BCUT2D eigenvalue weighted by molar-refractivity contribution is -0.117. The highest BCUT2D eigenvalue weighted by atomic mass is 79.9. The van der Waals surface area contributed by atoms with Crippen molar-refractivity contribution in [3.8, 4) is 0 Å². The molecule has 1 heterocycles. The van der Waals surface area contributed by atoms with Crippen molar-refractivity contribution in [2.75, 3.05) is 18.5 Å². The third-order valence-corrected chi connectivity index (χ3v) is 4.26. The van der Waals surface area contributed by atoms with E-state index < -0.39 is 0 Å². The molecular weight excluding hydrogens is 292 g/mol. The van der Waals surface area contributed by atoms with Crippen LogP contribution in [0.3, 0.4) is 0 Å². The van der Waals surface area contributed by atoms with Gasteiger partial charge in [-0.3, -0.25) is 4.79 Å². The summed E-state index contributed by atoms with van der Waals surface area (Å²) in [6, 6.07) is 6.37. The first-order chi connectivity index (χ1) is 8.54. The van der Waals surface area contributed by atoms with E-state index in [1.165, 1.54) is 5.56 Å². The van der Waals surface area contributed by atoms with Crippen LogP contribution in [0.5, 0.6) is 0 Å². The second kappa shape index (κ2) is 5.41. The number of nitrogens with one attached hydrogen (secondary N) is 1. The van der Waals surface area contributed by atoms with E-state index in [4.69, 9.17) is 0 Å². The molecule has 2 unspecified atom stereocenters. The molecule has 0 bridgehead atoms. The van der Waals surface area contributed by atoms with Crippen LogP contribution in [0.2, 0.25) is 0 Å². The molecule has 2 atom stereocenters. The van der Waals surface area contributed by atoms with Gasteiger partial charge in [0, 0.05) is 29.4 Å². The van der Waals surface area contributed by atoms with E-state index in [9.17, 15) is 4.79 Å². The first-order valence-electron chi connectivity index (χ1n) is 6.27. The van der Waals surface area contributed by atoms with Gasteiger partial charge in [0.25, 0.3) is 0 Å². The molecule has 18 heavy (non-hydrogen) atoms. The molecule has 1 aliphatic rings. The zero-order valence-corrected chi connectivity index (χ0v) is 12.6. The first kappa shape index (κ1) is 13.6. The number of carbonyl (C=O) groups excluding carboxylic acids is 1. The Hall–Kier alpha value is -0.870. The summed E-state index contributed by atoms with van der Waals surface area (Å²) in [6.45, 7) is 5.06. The van der Waals surface area contributed by atoms with Crippen molar-refractivity contribution in [1.29, 1.82) is 0 Å². The minimum Gasteiger partial charge on any atom is -0.319 e. The number of anilines is 1. The number of carbonyl (C=O) groups is 1. The Morgan fingerprint density at radius 1 is 1.50 bits per heavy atom. The zero-order valence-electron chi connectivity index (χ0n) is 11.0. The number of aryl methyl sites for hydroxylation is 1. The van der Waals surface area contributed by atoms with Gasteiger partial charge in [0.1, 0.15) is 0 Å². The fourth-order valence-electron chi connectivity index (χ4n) is 2.60. The van der Waals surface area contributed by atoms with Crippen LogP contribution in [0, 0.1) is 12.8 Å². The molecule has 3 nitrogen and oxygen atoms in total. The second-order valence-electron chi connectivity index (χ2n) is 4.98. The predicted octanol–water partition coefficient (Wildman–Crippen LogP) is 2.72. The summed E-state index contributed by atoms with van der Waals surface area (Å²) in [5, 5.41) is 3.17. The van der Waals surface area contributed by atoms with E-state index in [-0.39, 0.29) is 11.9 Å². The third kappa shape index (κ3) is 2.45. The largest absolute Gasteiger partial charge is 0.319 e. The van der Waals surface area contributed by atoms with Gasteiger partial charge >= 0.3 is 0 Å². The lowest BCUT2D eigenvalue weighted by Gasteiger charge is -2.26. The van der Waals surface area contributed by atoms with E-state index in [0.717, 1.165) is 16.7 Å². The van der Waals surface area contributed by atoms with E-state index >= 15 is 0 Å². The molecule has 0 aliphatic carbocycles. The van der Waals surface area contributed by atoms with E-state index in [2.05, 4.69) is 34.2 Å². The van der Waals surface area contributed by atoms with Crippen LogP contribution >= 0.6 is 15.9 Å². The van der Waals surface area contributed by atoms with Crippen LogP contribution in [0.4, 0.5) is 5.69 Å². The van der Waals surface area contributed by atoms with Gasteiger partial charge in [0.05, 0.1) is 5.69 Å². The molecule has 1 aliphatic heterocycles. The molecule has 0 radical (unpaired) electrons. The van der Waals surface area contributed by atoms with Gasteiger partial charge in [-0.1, -0.05) is 6.07 Å². The number of benzene rings is 1. The Kier molecular flexibility index (Phi) is 4.07. The molecule has 98 valence electrons. The summed E-state index contributed by atoms with van der Waals surface area (Å²) in [7, 11) is 1.93. The van der Waals surface area contributed by atoms with E-state index in [0.29, 0.717) is 12.3 Å². The lowest BCUT2D eigenvalue weighted by Crippen LogP contribution is -2.35. The second-order valence-corrected chi connectivity index (χ2v) is 5.84. The number of hydrogen-bond acceptors (Lipinski definition) is 2. The van der Waals surface area contributed by atoms with Crippen LogP contribution in [-0.4, -0.2) is 25.5 Å². The third-order valence-electron chi connectivity index (χ3n) is 3.62. The topological polar surface area (TPSA) is 32.3 Å². The minimum atomic E-state index is 0.215. The van der Waals surface area contributed by atoms with E-state index in [1.54, 1.807) is 0 Å². The van der Waals surface area contributed by atoms with Crippen LogP contribution in [0.25, 0.3) is 0 Å². The highest BCUT2D eigenvalue weighted by molar-refractivity contribution is 9.10. The summed E-state index contributed by atoms with van der Waals surface area (Å²) < 4.78 is 0.993. The lowest BCUT2D eigenvalue weighted by atomic mass is 10.0. The Morgan fingerprint density at radius 2 is 2.22 bits per heavy atom. The number of hydrogen-bond donors (Lipinski definition) is 1. The van der Waals surface area contributed by atoms with Crippen molar-refractivity contribution >= 4 is 27.5 Å². The van der Waals surface area contributed by atoms with Crippen LogP contribution in [0.1, 0.15) is 18.9 Å². The van der Waals surface area contributed by atoms with Crippen molar-refractivity contribution in [1.82, 2.24) is 5.32 Å². The quantitative estimate of drug-likeness (QED) is 0.931. The van der Waals surface area contributed by atoms with Crippen LogP contribution < -0.4 is 10.2 Å². The van der Waals surface area contributed by atoms with Crippen molar-refractivity contribution in [2.24, 2.45) is 5.92 Å². The molecule has 1 aromatic rings. The number of rotatable bonds is 3. The average Bonchev–Trinajstić information content (AvgIpc) is 2.56. The molecule has 0 saturated carbocycles. The Bertz CT molecular complexity index is 461.